The highest BCUT2D eigenvalue weighted by molar-refractivity contribution is 9.10. The second kappa shape index (κ2) is 10.3. The summed E-state index contributed by atoms with van der Waals surface area (Å²) < 4.78 is 38.5. The Labute approximate surface area is 194 Å². The molecule has 8 nitrogen and oxygen atoms in total. The number of hydrogen-bond acceptors (Lipinski definition) is 6. The summed E-state index contributed by atoms with van der Waals surface area (Å²) in [6.45, 7) is 0. The van der Waals surface area contributed by atoms with E-state index in [2.05, 4.69) is 31.0 Å². The van der Waals surface area contributed by atoms with Gasteiger partial charge in [-0.25, -0.2) is 13.4 Å². The zero-order chi connectivity index (χ0) is 23.1. The summed E-state index contributed by atoms with van der Waals surface area (Å²) in [6.07, 6.45) is 4.48. The first kappa shape index (κ1) is 23.3. The van der Waals surface area contributed by atoms with Gasteiger partial charge in [0.15, 0.2) is 11.5 Å². The van der Waals surface area contributed by atoms with Gasteiger partial charge in [0.2, 0.25) is 5.91 Å². The third kappa shape index (κ3) is 5.86. The maximum Gasteiger partial charge on any atom is 0.263 e. The molecule has 0 aliphatic carbocycles. The van der Waals surface area contributed by atoms with Gasteiger partial charge in [0.1, 0.15) is 5.82 Å². The van der Waals surface area contributed by atoms with Gasteiger partial charge in [-0.05, 0) is 76.1 Å². The molecule has 0 spiro atoms. The monoisotopic (exact) mass is 517 g/mol. The molecule has 3 rings (SSSR count). The van der Waals surface area contributed by atoms with Crippen LogP contribution in [-0.4, -0.2) is 33.5 Å². The standard InChI is InChI=1S/C22H20BrN3O5S/c1-30-19-14-15(13-18(23)22(19)31-2)6-11-21(27)25-16-7-9-17(10-8-16)32(28,29)26-20-5-3-4-12-24-20/h3-14H,1-2H3,(H,24,26)(H,25,27)/b11-6+. The first-order chi connectivity index (χ1) is 15.3. The van der Waals surface area contributed by atoms with Gasteiger partial charge in [-0.15, -0.1) is 0 Å². The van der Waals surface area contributed by atoms with Gasteiger partial charge >= 0.3 is 0 Å². The molecule has 166 valence electrons. The van der Waals surface area contributed by atoms with Crippen molar-refractivity contribution in [2.24, 2.45) is 0 Å². The summed E-state index contributed by atoms with van der Waals surface area (Å²) in [7, 11) is -0.721. The molecule has 10 heteroatoms. The van der Waals surface area contributed by atoms with Crippen LogP contribution in [0.5, 0.6) is 11.5 Å². The van der Waals surface area contributed by atoms with Crippen molar-refractivity contribution in [2.75, 3.05) is 24.3 Å². The van der Waals surface area contributed by atoms with Crippen LogP contribution in [-0.2, 0) is 14.8 Å². The number of benzene rings is 2. The van der Waals surface area contributed by atoms with E-state index in [-0.39, 0.29) is 16.6 Å². The number of ether oxygens (including phenoxy) is 2. The number of aromatic nitrogens is 1. The van der Waals surface area contributed by atoms with Crippen molar-refractivity contribution >= 4 is 49.4 Å². The second-order valence-corrected chi connectivity index (χ2v) is 8.94. The number of carbonyl (C=O) groups excluding carboxylic acids is 1. The van der Waals surface area contributed by atoms with Crippen LogP contribution < -0.4 is 19.5 Å². The number of halogens is 1. The molecule has 1 amide bonds. The third-order valence-electron chi connectivity index (χ3n) is 4.22. The van der Waals surface area contributed by atoms with Crippen molar-refractivity contribution in [2.45, 2.75) is 4.90 Å². The van der Waals surface area contributed by atoms with Gasteiger partial charge in [-0.2, -0.15) is 0 Å². The van der Waals surface area contributed by atoms with Crippen LogP contribution in [0.25, 0.3) is 6.08 Å². The van der Waals surface area contributed by atoms with E-state index in [1.54, 1.807) is 36.4 Å². The van der Waals surface area contributed by atoms with E-state index in [1.807, 2.05) is 0 Å². The van der Waals surface area contributed by atoms with Crippen molar-refractivity contribution in [1.29, 1.82) is 0 Å². The van der Waals surface area contributed by atoms with Crippen LogP contribution >= 0.6 is 15.9 Å². The number of pyridine rings is 1. The fourth-order valence-corrected chi connectivity index (χ4v) is 4.36. The maximum absolute atomic E-state index is 12.4. The number of hydrogen-bond donors (Lipinski definition) is 2. The molecule has 0 aliphatic heterocycles. The lowest BCUT2D eigenvalue weighted by atomic mass is 10.2. The van der Waals surface area contributed by atoms with Crippen molar-refractivity contribution in [3.8, 4) is 11.5 Å². The van der Waals surface area contributed by atoms with Crippen LogP contribution in [0.1, 0.15) is 5.56 Å². The summed E-state index contributed by atoms with van der Waals surface area (Å²) in [6, 6.07) is 14.3. The zero-order valence-electron chi connectivity index (χ0n) is 17.2. The Kier molecular flexibility index (Phi) is 7.49. The minimum absolute atomic E-state index is 0.0480. The van der Waals surface area contributed by atoms with Gasteiger partial charge in [-0.3, -0.25) is 9.52 Å². The van der Waals surface area contributed by atoms with Crippen molar-refractivity contribution in [1.82, 2.24) is 4.98 Å². The second-order valence-electron chi connectivity index (χ2n) is 6.41. The molecule has 0 fully saturated rings. The van der Waals surface area contributed by atoms with Crippen LogP contribution in [0.15, 0.2) is 76.2 Å². The summed E-state index contributed by atoms with van der Waals surface area (Å²) in [5.74, 6) is 0.926. The average Bonchev–Trinajstić information content (AvgIpc) is 2.78. The van der Waals surface area contributed by atoms with Gasteiger partial charge < -0.3 is 14.8 Å². The molecule has 0 saturated carbocycles. The molecule has 0 radical (unpaired) electrons. The number of nitrogens with one attached hydrogen (secondary N) is 2. The molecule has 0 atom stereocenters. The minimum Gasteiger partial charge on any atom is -0.493 e. The SMILES string of the molecule is COc1cc(/C=C/C(=O)Nc2ccc(S(=O)(=O)Nc3ccccn3)cc2)cc(Br)c1OC. The lowest BCUT2D eigenvalue weighted by Gasteiger charge is -2.10. The summed E-state index contributed by atoms with van der Waals surface area (Å²) in [5.41, 5.74) is 1.18. The van der Waals surface area contributed by atoms with Crippen molar-refractivity contribution < 1.29 is 22.7 Å². The summed E-state index contributed by atoms with van der Waals surface area (Å²) in [4.78, 5) is 16.3. The number of amides is 1. The number of nitrogens with zero attached hydrogens (tertiary/aromatic N) is 1. The molecule has 0 saturated heterocycles. The molecule has 1 heterocycles. The fraction of sp³-hybridized carbons (Fsp3) is 0.0909. The Morgan fingerprint density at radius 2 is 1.81 bits per heavy atom. The number of anilines is 2. The Hall–Kier alpha value is -3.37. The highest BCUT2D eigenvalue weighted by atomic mass is 79.9. The van der Waals surface area contributed by atoms with Gasteiger partial charge in [0.05, 0.1) is 23.6 Å². The molecular weight excluding hydrogens is 498 g/mol. The highest BCUT2D eigenvalue weighted by Crippen LogP contribution is 2.36. The third-order valence-corrected chi connectivity index (χ3v) is 6.18. The lowest BCUT2D eigenvalue weighted by molar-refractivity contribution is -0.111. The Bertz CT molecular complexity index is 1230. The van der Waals surface area contributed by atoms with E-state index in [0.29, 0.717) is 21.7 Å². The van der Waals surface area contributed by atoms with Crippen molar-refractivity contribution in [3.63, 3.8) is 0 Å². The first-order valence-corrected chi connectivity index (χ1v) is 11.5. The van der Waals surface area contributed by atoms with E-state index >= 15 is 0 Å². The normalized spacial score (nSPS) is 11.2. The van der Waals surface area contributed by atoms with Crippen LogP contribution in [0, 0.1) is 0 Å². The first-order valence-electron chi connectivity index (χ1n) is 9.27. The average molecular weight is 518 g/mol. The lowest BCUT2D eigenvalue weighted by Crippen LogP contribution is -2.14. The van der Waals surface area contributed by atoms with E-state index in [9.17, 15) is 13.2 Å². The summed E-state index contributed by atoms with van der Waals surface area (Å²) in [5, 5.41) is 2.69. The Morgan fingerprint density at radius 3 is 2.44 bits per heavy atom. The zero-order valence-corrected chi connectivity index (χ0v) is 19.6. The molecule has 3 aromatic rings. The van der Waals surface area contributed by atoms with Gasteiger partial charge in [0.25, 0.3) is 10.0 Å². The number of sulfonamides is 1. The predicted octanol–water partition coefficient (Wildman–Crippen LogP) is 4.31. The number of carbonyl (C=O) groups is 1. The highest BCUT2D eigenvalue weighted by Gasteiger charge is 2.15. The van der Waals surface area contributed by atoms with Crippen LogP contribution in [0.2, 0.25) is 0 Å². The number of methoxy groups -OCH3 is 2. The molecule has 0 aliphatic rings. The molecule has 2 aromatic carbocycles. The quantitative estimate of drug-likeness (QED) is 0.431. The molecule has 2 N–H and O–H groups in total. The summed E-state index contributed by atoms with van der Waals surface area (Å²) >= 11 is 3.41. The largest absolute Gasteiger partial charge is 0.493 e. The van der Waals surface area contributed by atoms with E-state index in [1.165, 1.54) is 50.8 Å². The van der Waals surface area contributed by atoms with E-state index < -0.39 is 10.0 Å². The molecule has 0 unspecified atom stereocenters. The fourth-order valence-electron chi connectivity index (χ4n) is 2.73. The molecule has 32 heavy (non-hydrogen) atoms. The molecule has 1 aromatic heterocycles. The topological polar surface area (TPSA) is 107 Å². The van der Waals surface area contributed by atoms with Gasteiger partial charge in [0, 0.05) is 18.0 Å². The van der Waals surface area contributed by atoms with E-state index in [4.69, 9.17) is 9.47 Å². The van der Waals surface area contributed by atoms with Crippen molar-refractivity contribution in [3.05, 3.63) is 76.9 Å². The smallest absolute Gasteiger partial charge is 0.263 e. The van der Waals surface area contributed by atoms with Crippen LogP contribution in [0.4, 0.5) is 11.5 Å². The Morgan fingerprint density at radius 1 is 1.06 bits per heavy atom. The predicted molar refractivity (Wildman–Crippen MR) is 126 cm³/mol. The van der Waals surface area contributed by atoms with Crippen LogP contribution in [0.3, 0.4) is 0 Å². The minimum atomic E-state index is -3.79. The van der Waals surface area contributed by atoms with Gasteiger partial charge in [-0.1, -0.05) is 6.07 Å². The molecular formula is C22H20BrN3O5S. The number of rotatable bonds is 8. The maximum atomic E-state index is 12.4. The molecule has 0 bridgehead atoms. The Balaban J connectivity index is 1.67. The van der Waals surface area contributed by atoms with E-state index in [0.717, 1.165) is 5.56 Å².